The van der Waals surface area contributed by atoms with Crippen LogP contribution in [0.2, 0.25) is 5.02 Å². The van der Waals surface area contributed by atoms with E-state index in [0.717, 1.165) is 11.3 Å². The lowest BCUT2D eigenvalue weighted by molar-refractivity contribution is -0.120. The zero-order valence-electron chi connectivity index (χ0n) is 16.0. The number of ether oxygens (including phenoxy) is 3. The molecule has 0 atom stereocenters. The molecule has 0 aliphatic carbocycles. The van der Waals surface area contributed by atoms with Gasteiger partial charge in [0.25, 0.3) is 11.8 Å². The Morgan fingerprint density at radius 1 is 0.964 bits per heavy atom. The largest absolute Gasteiger partial charge is 0.493 e. The lowest BCUT2D eigenvalue weighted by atomic mass is 10.1. The molecule has 2 aromatic carbocycles. The van der Waals surface area contributed by atoms with Crippen molar-refractivity contribution in [2.45, 2.75) is 6.92 Å². The van der Waals surface area contributed by atoms with Crippen molar-refractivity contribution in [3.63, 3.8) is 0 Å². The van der Waals surface area contributed by atoms with Crippen molar-refractivity contribution in [1.29, 1.82) is 0 Å². The molecular formula is C19H22ClN3O5. The zero-order chi connectivity index (χ0) is 20.7. The Bertz CT molecular complexity index is 848. The minimum Gasteiger partial charge on any atom is -0.493 e. The van der Waals surface area contributed by atoms with Crippen LogP contribution in [0.3, 0.4) is 0 Å². The molecule has 0 fully saturated rings. The summed E-state index contributed by atoms with van der Waals surface area (Å²) < 4.78 is 15.6. The minimum atomic E-state index is -0.536. The number of carbonyl (C=O) groups is 2. The number of amides is 2. The number of hydrogen-bond donors (Lipinski definition) is 3. The van der Waals surface area contributed by atoms with E-state index < -0.39 is 11.8 Å². The van der Waals surface area contributed by atoms with Gasteiger partial charge < -0.3 is 19.5 Å². The molecule has 2 rings (SSSR count). The summed E-state index contributed by atoms with van der Waals surface area (Å²) in [5.41, 5.74) is 6.59. The highest BCUT2D eigenvalue weighted by molar-refractivity contribution is 6.30. The molecular weight excluding hydrogens is 386 g/mol. The number of hydrogen-bond acceptors (Lipinski definition) is 6. The Labute approximate surface area is 168 Å². The number of aryl methyl sites for hydroxylation is 1. The number of methoxy groups -OCH3 is 3. The molecule has 0 spiro atoms. The summed E-state index contributed by atoms with van der Waals surface area (Å²) in [6, 6.07) is 8.29. The van der Waals surface area contributed by atoms with Gasteiger partial charge in [0.15, 0.2) is 11.5 Å². The maximum absolute atomic E-state index is 12.3. The van der Waals surface area contributed by atoms with E-state index in [1.165, 1.54) is 33.5 Å². The monoisotopic (exact) mass is 407 g/mol. The van der Waals surface area contributed by atoms with Gasteiger partial charge in [-0.2, -0.15) is 0 Å². The van der Waals surface area contributed by atoms with Crippen LogP contribution >= 0.6 is 11.6 Å². The molecule has 9 heteroatoms. The van der Waals surface area contributed by atoms with E-state index in [1.807, 2.05) is 13.0 Å². The predicted octanol–water partition coefficient (Wildman–Crippen LogP) is 2.55. The van der Waals surface area contributed by atoms with Gasteiger partial charge in [-0.3, -0.25) is 20.4 Å². The molecule has 0 bridgehead atoms. The van der Waals surface area contributed by atoms with E-state index in [2.05, 4.69) is 16.2 Å². The third-order valence-corrected chi connectivity index (χ3v) is 4.12. The molecule has 2 aromatic rings. The lowest BCUT2D eigenvalue weighted by Crippen LogP contribution is -2.44. The lowest BCUT2D eigenvalue weighted by Gasteiger charge is -2.14. The van der Waals surface area contributed by atoms with Gasteiger partial charge in [-0.15, -0.1) is 0 Å². The average molecular weight is 408 g/mol. The molecule has 28 heavy (non-hydrogen) atoms. The van der Waals surface area contributed by atoms with Crippen molar-refractivity contribution in [1.82, 2.24) is 10.9 Å². The topological polar surface area (TPSA) is 97.9 Å². The number of nitrogens with one attached hydrogen (secondary N) is 3. The maximum atomic E-state index is 12.3. The van der Waals surface area contributed by atoms with Crippen LogP contribution in [0.4, 0.5) is 5.69 Å². The molecule has 0 aliphatic heterocycles. The third kappa shape index (κ3) is 5.20. The van der Waals surface area contributed by atoms with Crippen LogP contribution in [0, 0.1) is 6.92 Å². The van der Waals surface area contributed by atoms with Crippen molar-refractivity contribution in [2.24, 2.45) is 0 Å². The summed E-state index contributed by atoms with van der Waals surface area (Å²) >= 11 is 5.95. The van der Waals surface area contributed by atoms with E-state index in [0.29, 0.717) is 22.3 Å². The van der Waals surface area contributed by atoms with Crippen LogP contribution in [0.5, 0.6) is 17.2 Å². The van der Waals surface area contributed by atoms with Crippen LogP contribution < -0.4 is 30.4 Å². The number of hydrazine groups is 1. The average Bonchev–Trinajstić information content (AvgIpc) is 2.71. The molecule has 0 radical (unpaired) electrons. The SMILES string of the molecule is COc1cc(C(=O)NNC(=O)CNc2cc(Cl)ccc2C)cc(OC)c1OC. The first-order valence-electron chi connectivity index (χ1n) is 8.28. The van der Waals surface area contributed by atoms with E-state index >= 15 is 0 Å². The highest BCUT2D eigenvalue weighted by atomic mass is 35.5. The van der Waals surface area contributed by atoms with Crippen LogP contribution in [-0.4, -0.2) is 39.7 Å². The Balaban J connectivity index is 1.97. The molecule has 0 aromatic heterocycles. The van der Waals surface area contributed by atoms with Crippen molar-refractivity contribution in [3.05, 3.63) is 46.5 Å². The summed E-state index contributed by atoms with van der Waals surface area (Å²) in [7, 11) is 4.36. The second-order valence-corrected chi connectivity index (χ2v) is 6.17. The number of carbonyl (C=O) groups excluding carboxylic acids is 2. The second-order valence-electron chi connectivity index (χ2n) is 5.73. The van der Waals surface area contributed by atoms with Gasteiger partial charge in [0.2, 0.25) is 5.75 Å². The first-order chi connectivity index (χ1) is 13.4. The quantitative estimate of drug-likeness (QED) is 0.610. The highest BCUT2D eigenvalue weighted by Crippen LogP contribution is 2.38. The first kappa shape index (κ1) is 21.2. The van der Waals surface area contributed by atoms with E-state index in [1.54, 1.807) is 12.1 Å². The van der Waals surface area contributed by atoms with Gasteiger partial charge in [-0.1, -0.05) is 17.7 Å². The van der Waals surface area contributed by atoms with E-state index in [4.69, 9.17) is 25.8 Å². The van der Waals surface area contributed by atoms with Gasteiger partial charge >= 0.3 is 0 Å². The van der Waals surface area contributed by atoms with Crippen molar-refractivity contribution in [3.8, 4) is 17.2 Å². The Hall–Kier alpha value is -3.13. The molecule has 8 nitrogen and oxygen atoms in total. The molecule has 0 saturated heterocycles. The standard InChI is InChI=1S/C19H22ClN3O5/c1-11-5-6-13(20)9-14(11)21-10-17(24)22-23-19(25)12-7-15(26-2)18(28-4)16(8-12)27-3/h5-9,21H,10H2,1-4H3,(H,22,24)(H,23,25). The summed E-state index contributed by atoms with van der Waals surface area (Å²) in [5, 5.41) is 3.52. The fourth-order valence-corrected chi connectivity index (χ4v) is 2.59. The fourth-order valence-electron chi connectivity index (χ4n) is 2.42. The molecule has 2 amide bonds. The van der Waals surface area contributed by atoms with E-state index in [9.17, 15) is 9.59 Å². The summed E-state index contributed by atoms with van der Waals surface area (Å²) in [4.78, 5) is 24.3. The molecule has 150 valence electrons. The van der Waals surface area contributed by atoms with Gasteiger partial charge in [0.05, 0.1) is 27.9 Å². The third-order valence-electron chi connectivity index (χ3n) is 3.88. The Kier molecular flexibility index (Phi) is 7.34. The number of rotatable bonds is 7. The predicted molar refractivity (Wildman–Crippen MR) is 106 cm³/mol. The minimum absolute atomic E-state index is 0.0449. The van der Waals surface area contributed by atoms with Crippen LogP contribution in [0.25, 0.3) is 0 Å². The van der Waals surface area contributed by atoms with Gasteiger partial charge in [0, 0.05) is 16.3 Å². The normalized spacial score (nSPS) is 10.0. The summed E-state index contributed by atoms with van der Waals surface area (Å²) in [5.74, 6) is 0.0613. The Morgan fingerprint density at radius 3 is 2.18 bits per heavy atom. The van der Waals surface area contributed by atoms with E-state index in [-0.39, 0.29) is 12.1 Å². The summed E-state index contributed by atoms with van der Waals surface area (Å²) in [6.45, 7) is 1.85. The van der Waals surface area contributed by atoms with Crippen LogP contribution in [0.1, 0.15) is 15.9 Å². The van der Waals surface area contributed by atoms with Crippen molar-refractivity contribution < 1.29 is 23.8 Å². The molecule has 3 N–H and O–H groups in total. The first-order valence-corrected chi connectivity index (χ1v) is 8.66. The van der Waals surface area contributed by atoms with Crippen molar-refractivity contribution >= 4 is 29.1 Å². The number of benzene rings is 2. The maximum Gasteiger partial charge on any atom is 0.269 e. The summed E-state index contributed by atoms with van der Waals surface area (Å²) in [6.07, 6.45) is 0. The van der Waals surface area contributed by atoms with Gasteiger partial charge in [-0.25, -0.2) is 0 Å². The number of halogens is 1. The van der Waals surface area contributed by atoms with Crippen LogP contribution in [0.15, 0.2) is 30.3 Å². The second kappa shape index (κ2) is 9.70. The Morgan fingerprint density at radius 2 is 1.61 bits per heavy atom. The smallest absolute Gasteiger partial charge is 0.269 e. The number of anilines is 1. The molecule has 0 saturated carbocycles. The van der Waals surface area contributed by atoms with Gasteiger partial charge in [-0.05, 0) is 36.8 Å². The van der Waals surface area contributed by atoms with Crippen LogP contribution in [-0.2, 0) is 4.79 Å². The molecule has 0 unspecified atom stereocenters. The molecule has 0 aliphatic rings. The zero-order valence-corrected chi connectivity index (χ0v) is 16.8. The highest BCUT2D eigenvalue weighted by Gasteiger charge is 2.17. The van der Waals surface area contributed by atoms with Crippen molar-refractivity contribution in [2.75, 3.05) is 33.2 Å². The molecule has 0 heterocycles. The fraction of sp³-hybridized carbons (Fsp3) is 0.263. The van der Waals surface area contributed by atoms with Gasteiger partial charge in [0.1, 0.15) is 0 Å².